The van der Waals surface area contributed by atoms with Gasteiger partial charge in [0, 0.05) is 0 Å². The zero-order chi connectivity index (χ0) is 8.27. The van der Waals surface area contributed by atoms with Gasteiger partial charge in [-0.15, -0.1) is 0 Å². The molecule has 0 heterocycles. The third-order valence-corrected chi connectivity index (χ3v) is 1.76. The summed E-state index contributed by atoms with van der Waals surface area (Å²) < 4.78 is 0. The van der Waals surface area contributed by atoms with Crippen molar-refractivity contribution < 1.29 is 14.7 Å². The van der Waals surface area contributed by atoms with Crippen molar-refractivity contribution in [1.29, 1.82) is 0 Å². The Morgan fingerprint density at radius 1 is 1.73 bits per heavy atom. The Kier molecular flexibility index (Phi) is 2.46. The van der Waals surface area contributed by atoms with E-state index in [9.17, 15) is 9.59 Å². The van der Waals surface area contributed by atoms with Crippen LogP contribution in [-0.4, -0.2) is 23.5 Å². The average Bonchev–Trinajstić information content (AvgIpc) is 2.69. The Labute approximate surface area is 64.6 Å². The molecule has 2 N–H and O–H groups in total. The van der Waals surface area contributed by atoms with Crippen LogP contribution in [0.5, 0.6) is 0 Å². The fourth-order valence-electron chi connectivity index (χ4n) is 1.02. The summed E-state index contributed by atoms with van der Waals surface area (Å²) in [6, 6.07) is -0.500. The zero-order valence-corrected chi connectivity index (χ0v) is 6.12. The van der Waals surface area contributed by atoms with E-state index < -0.39 is 12.1 Å². The number of nitrogens with one attached hydrogen (secondary N) is 1. The number of carboxylic acid groups (broad SMARTS) is 1. The number of hydrogen-bond acceptors (Lipinski definition) is 2. The minimum absolute atomic E-state index is 0.500. The highest BCUT2D eigenvalue weighted by atomic mass is 16.4. The van der Waals surface area contributed by atoms with Crippen LogP contribution in [0.2, 0.25) is 0 Å². The Hall–Kier alpha value is -1.06. The molecule has 0 unspecified atom stereocenters. The molecular formula is C7H11NO3. The van der Waals surface area contributed by atoms with Gasteiger partial charge in [0.1, 0.15) is 6.29 Å². The van der Waals surface area contributed by atoms with Crippen molar-refractivity contribution in [2.45, 2.75) is 25.3 Å². The van der Waals surface area contributed by atoms with Crippen LogP contribution in [0.25, 0.3) is 0 Å². The van der Waals surface area contributed by atoms with E-state index >= 15 is 0 Å². The molecule has 1 aliphatic carbocycles. The lowest BCUT2D eigenvalue weighted by Crippen LogP contribution is -2.35. The van der Waals surface area contributed by atoms with Gasteiger partial charge < -0.3 is 15.2 Å². The van der Waals surface area contributed by atoms with E-state index in [1.54, 1.807) is 0 Å². The summed E-state index contributed by atoms with van der Waals surface area (Å²) in [7, 11) is 0. The van der Waals surface area contributed by atoms with E-state index in [0.717, 1.165) is 12.8 Å². The molecule has 0 aromatic heterocycles. The largest absolute Gasteiger partial charge is 0.465 e. The first-order valence-electron chi connectivity index (χ1n) is 3.67. The molecule has 1 amide bonds. The Morgan fingerprint density at radius 2 is 2.36 bits per heavy atom. The van der Waals surface area contributed by atoms with Crippen molar-refractivity contribution in [1.82, 2.24) is 5.32 Å². The van der Waals surface area contributed by atoms with Gasteiger partial charge in [-0.3, -0.25) is 0 Å². The van der Waals surface area contributed by atoms with E-state index in [1.165, 1.54) is 0 Å². The van der Waals surface area contributed by atoms with Crippen molar-refractivity contribution in [2.75, 3.05) is 0 Å². The SMILES string of the molecule is O=C[C@H](CC1CC1)NC(=O)O. The first kappa shape index (κ1) is 8.04. The molecule has 4 heteroatoms. The second kappa shape index (κ2) is 3.37. The quantitative estimate of drug-likeness (QED) is 0.588. The van der Waals surface area contributed by atoms with Gasteiger partial charge in [-0.05, 0) is 12.3 Å². The number of amides is 1. The monoisotopic (exact) mass is 157 g/mol. The minimum atomic E-state index is -1.12. The lowest BCUT2D eigenvalue weighted by atomic mass is 10.1. The van der Waals surface area contributed by atoms with Gasteiger partial charge in [-0.1, -0.05) is 12.8 Å². The molecule has 0 aromatic rings. The molecule has 1 aliphatic rings. The van der Waals surface area contributed by atoms with Gasteiger partial charge in [-0.2, -0.15) is 0 Å². The molecule has 1 fully saturated rings. The van der Waals surface area contributed by atoms with Crippen LogP contribution < -0.4 is 5.32 Å². The number of carbonyl (C=O) groups is 2. The second-order valence-corrected chi connectivity index (χ2v) is 2.87. The van der Waals surface area contributed by atoms with Crippen LogP contribution in [0.4, 0.5) is 4.79 Å². The maximum absolute atomic E-state index is 10.3. The molecule has 0 bridgehead atoms. The highest BCUT2D eigenvalue weighted by Crippen LogP contribution is 2.33. The standard InChI is InChI=1S/C7H11NO3/c9-4-6(8-7(10)11)3-5-1-2-5/h4-6,8H,1-3H2,(H,10,11)/t6-/m0/s1. The van der Waals surface area contributed by atoms with Gasteiger partial charge in [0.25, 0.3) is 0 Å². The lowest BCUT2D eigenvalue weighted by Gasteiger charge is -2.07. The number of rotatable bonds is 4. The van der Waals surface area contributed by atoms with Crippen LogP contribution in [0.15, 0.2) is 0 Å². The zero-order valence-electron chi connectivity index (χ0n) is 6.12. The van der Waals surface area contributed by atoms with Crippen LogP contribution in [0.1, 0.15) is 19.3 Å². The molecular weight excluding hydrogens is 146 g/mol. The van der Waals surface area contributed by atoms with Gasteiger partial charge in [0.2, 0.25) is 0 Å². The summed E-state index contributed by atoms with van der Waals surface area (Å²) in [5, 5.41) is 10.4. The average molecular weight is 157 g/mol. The summed E-state index contributed by atoms with van der Waals surface area (Å²) in [6.45, 7) is 0. The predicted octanol–water partition coefficient (Wildman–Crippen LogP) is 0.622. The van der Waals surface area contributed by atoms with Crippen LogP contribution in [-0.2, 0) is 4.79 Å². The smallest absolute Gasteiger partial charge is 0.405 e. The molecule has 11 heavy (non-hydrogen) atoms. The highest BCUT2D eigenvalue weighted by molar-refractivity contribution is 5.71. The van der Waals surface area contributed by atoms with Gasteiger partial charge >= 0.3 is 6.09 Å². The molecule has 0 spiro atoms. The molecule has 1 atom stereocenters. The van der Waals surface area contributed by atoms with Crippen molar-refractivity contribution in [3.8, 4) is 0 Å². The third-order valence-electron chi connectivity index (χ3n) is 1.76. The van der Waals surface area contributed by atoms with E-state index in [2.05, 4.69) is 5.32 Å². The number of hydrogen-bond donors (Lipinski definition) is 2. The van der Waals surface area contributed by atoms with Crippen molar-refractivity contribution in [3.05, 3.63) is 0 Å². The molecule has 0 aliphatic heterocycles. The maximum atomic E-state index is 10.3. The first-order valence-corrected chi connectivity index (χ1v) is 3.67. The first-order chi connectivity index (χ1) is 5.22. The van der Waals surface area contributed by atoms with Crippen LogP contribution in [0.3, 0.4) is 0 Å². The molecule has 4 nitrogen and oxygen atoms in total. The summed E-state index contributed by atoms with van der Waals surface area (Å²) in [5.41, 5.74) is 0. The number of carbonyl (C=O) groups excluding carboxylic acids is 1. The molecule has 1 rings (SSSR count). The normalized spacial score (nSPS) is 18.9. The third kappa shape index (κ3) is 3.02. The maximum Gasteiger partial charge on any atom is 0.405 e. The van der Waals surface area contributed by atoms with Crippen molar-refractivity contribution >= 4 is 12.4 Å². The molecule has 62 valence electrons. The second-order valence-electron chi connectivity index (χ2n) is 2.87. The van der Waals surface area contributed by atoms with E-state index in [1.807, 2.05) is 0 Å². The predicted molar refractivity (Wildman–Crippen MR) is 38.4 cm³/mol. The van der Waals surface area contributed by atoms with Gasteiger partial charge in [-0.25, -0.2) is 4.79 Å². The molecule has 0 radical (unpaired) electrons. The van der Waals surface area contributed by atoms with E-state index in [0.29, 0.717) is 18.6 Å². The topological polar surface area (TPSA) is 66.4 Å². The molecule has 1 saturated carbocycles. The van der Waals surface area contributed by atoms with E-state index in [-0.39, 0.29) is 0 Å². The Morgan fingerprint density at radius 3 is 2.73 bits per heavy atom. The Bertz CT molecular complexity index is 165. The van der Waals surface area contributed by atoms with Crippen molar-refractivity contribution in [3.63, 3.8) is 0 Å². The minimum Gasteiger partial charge on any atom is -0.465 e. The van der Waals surface area contributed by atoms with Crippen molar-refractivity contribution in [2.24, 2.45) is 5.92 Å². The summed E-state index contributed by atoms with van der Waals surface area (Å²) in [4.78, 5) is 20.4. The summed E-state index contributed by atoms with van der Waals surface area (Å²) >= 11 is 0. The summed E-state index contributed by atoms with van der Waals surface area (Å²) in [5.74, 6) is 0.567. The lowest BCUT2D eigenvalue weighted by molar-refractivity contribution is -0.109. The fourth-order valence-corrected chi connectivity index (χ4v) is 1.02. The fraction of sp³-hybridized carbons (Fsp3) is 0.714. The molecule has 0 aromatic carbocycles. The highest BCUT2D eigenvalue weighted by Gasteiger charge is 2.25. The van der Waals surface area contributed by atoms with E-state index in [4.69, 9.17) is 5.11 Å². The Balaban J connectivity index is 2.22. The summed E-state index contributed by atoms with van der Waals surface area (Å²) in [6.07, 6.45) is 2.46. The van der Waals surface area contributed by atoms with Crippen LogP contribution in [0, 0.1) is 5.92 Å². The molecule has 0 saturated heterocycles. The van der Waals surface area contributed by atoms with Gasteiger partial charge in [0.15, 0.2) is 0 Å². The number of aldehydes is 1. The van der Waals surface area contributed by atoms with Crippen LogP contribution >= 0.6 is 0 Å². The van der Waals surface area contributed by atoms with Gasteiger partial charge in [0.05, 0.1) is 6.04 Å².